The maximum absolute atomic E-state index is 12.6. The monoisotopic (exact) mass is 619 g/mol. The van der Waals surface area contributed by atoms with Crippen LogP contribution in [0.15, 0.2) is 16.7 Å². The zero-order valence-corrected chi connectivity index (χ0v) is 24.7. The number of ether oxygens (including phenoxy) is 2. The molecule has 1 aromatic rings. The molecule has 0 spiro atoms. The van der Waals surface area contributed by atoms with Gasteiger partial charge in [-0.15, -0.1) is 23.1 Å². The van der Waals surface area contributed by atoms with E-state index in [2.05, 4.69) is 20.4 Å². The summed E-state index contributed by atoms with van der Waals surface area (Å²) in [5.41, 5.74) is 5.35. The summed E-state index contributed by atoms with van der Waals surface area (Å²) in [7, 11) is 0. The number of thioether (sulfide) groups is 1. The Morgan fingerprint density at radius 2 is 1.90 bits per heavy atom. The van der Waals surface area contributed by atoms with Gasteiger partial charge in [-0.05, 0) is 0 Å². The smallest absolute Gasteiger partial charge is 0.543 e. The van der Waals surface area contributed by atoms with E-state index in [1.165, 1.54) is 24.1 Å². The van der Waals surface area contributed by atoms with Crippen molar-refractivity contribution in [1.29, 1.82) is 0 Å². The van der Waals surface area contributed by atoms with Crippen LogP contribution in [-0.2, 0) is 39.9 Å². The van der Waals surface area contributed by atoms with Crippen molar-refractivity contribution >= 4 is 64.0 Å². The number of aromatic nitrogens is 1. The van der Waals surface area contributed by atoms with E-state index >= 15 is 0 Å². The number of aliphatic carboxylic acids is 2. The van der Waals surface area contributed by atoms with Crippen molar-refractivity contribution < 1.29 is 94.4 Å². The van der Waals surface area contributed by atoms with Gasteiger partial charge in [-0.1, -0.05) is 0 Å². The molecule has 3 amide bonds. The molecule has 1 saturated heterocycles. The molecule has 1 fully saturated rings. The first kappa shape index (κ1) is 39.3. The van der Waals surface area contributed by atoms with Gasteiger partial charge in [0.15, 0.2) is 5.13 Å². The van der Waals surface area contributed by atoms with Crippen molar-refractivity contribution in [2.75, 3.05) is 24.3 Å². The van der Waals surface area contributed by atoms with E-state index in [0.717, 1.165) is 16.2 Å². The topological polar surface area (TPSA) is 325 Å². The molecular formula is C19H26N5NaO13S2. The van der Waals surface area contributed by atoms with E-state index in [9.17, 15) is 33.9 Å². The minimum atomic E-state index is -1.59. The second kappa shape index (κ2) is 17.1. The number of rotatable bonds is 10. The molecule has 0 unspecified atom stereocenters. The molecular weight excluding hydrogens is 593 g/mol. The molecule has 21 heteroatoms. The number of β-lactam (4-membered cyclic amide) rings is 1. The number of hydrogen-bond donors (Lipinski definition) is 4. The molecule has 0 bridgehead atoms. The van der Waals surface area contributed by atoms with Gasteiger partial charge in [-0.2, -0.15) is 0 Å². The van der Waals surface area contributed by atoms with Crippen LogP contribution >= 0.6 is 23.1 Å². The Morgan fingerprint density at radius 3 is 2.48 bits per heavy atom. The quantitative estimate of drug-likeness (QED) is 0.107. The second-order valence-corrected chi connectivity index (χ2v) is 9.43. The maximum Gasteiger partial charge on any atom is 1.00 e. The third-order valence-electron chi connectivity index (χ3n) is 4.82. The van der Waals surface area contributed by atoms with Gasteiger partial charge in [-0.25, -0.2) is 9.78 Å². The van der Waals surface area contributed by atoms with Crippen molar-refractivity contribution in [1.82, 2.24) is 15.2 Å². The van der Waals surface area contributed by atoms with Crippen molar-refractivity contribution in [2.45, 2.75) is 30.8 Å². The molecule has 40 heavy (non-hydrogen) atoms. The number of nitrogens with two attached hydrogens (primary N) is 1. The maximum atomic E-state index is 12.6. The first-order valence-electron chi connectivity index (χ1n) is 10.1. The Hall–Kier alpha value is -2.82. The summed E-state index contributed by atoms with van der Waals surface area (Å²) in [4.78, 5) is 75.1. The van der Waals surface area contributed by atoms with Crippen molar-refractivity contribution in [3.05, 3.63) is 22.3 Å². The fourth-order valence-corrected chi connectivity index (χ4v) is 5.19. The molecule has 2 aliphatic rings. The normalized spacial score (nSPS) is 17.6. The summed E-state index contributed by atoms with van der Waals surface area (Å²) in [5.74, 6) is -4.59. The summed E-state index contributed by atoms with van der Waals surface area (Å²) < 4.78 is 9.51. The largest absolute Gasteiger partial charge is 1.00 e. The number of nitrogens with one attached hydrogen (secondary N) is 2. The first-order chi connectivity index (χ1) is 17.0. The molecule has 0 aromatic carbocycles. The van der Waals surface area contributed by atoms with Crippen molar-refractivity contribution in [2.24, 2.45) is 5.73 Å². The summed E-state index contributed by atoms with van der Waals surface area (Å²) in [6.07, 6.45) is -1.21. The summed E-state index contributed by atoms with van der Waals surface area (Å²) >= 11 is 2.19. The Kier molecular flexibility index (Phi) is 16.8. The standard InChI is InChI=1S/C19H21N5O10S2.Na.3H2O/c1-7(25)33-3-8-5-35-15-12(14(27)24(15)13(8)17(30)31)22-11(26)2-9-6-36-18(21-9)23-19(32)34-4-10(20)16(28)29;;;;/h6,10,12,15H,2-5,20H2,1H3,(H,22,26)(H,28,29)(H,30,31)(H,21,23,32);;3*1H2/q;+1;;;/p-1/t10-,12-,15-;;;;/m1..../s1. The van der Waals surface area contributed by atoms with Crippen LogP contribution in [0.25, 0.3) is 0 Å². The molecule has 3 heterocycles. The molecule has 0 aliphatic carbocycles. The molecule has 2 aliphatic heterocycles. The minimum Gasteiger partial charge on any atom is -0.543 e. The number of carboxylic acid groups (broad SMARTS) is 2. The van der Waals surface area contributed by atoms with Gasteiger partial charge < -0.3 is 52.0 Å². The number of thiazole rings is 1. The third kappa shape index (κ3) is 9.67. The van der Waals surface area contributed by atoms with Crippen LogP contribution < -0.4 is 51.0 Å². The minimum absolute atomic E-state index is 0. The number of hydrogen-bond acceptors (Lipinski definition) is 13. The zero-order valence-electron chi connectivity index (χ0n) is 21.0. The Morgan fingerprint density at radius 1 is 1.25 bits per heavy atom. The summed E-state index contributed by atoms with van der Waals surface area (Å²) in [6, 6.07) is -2.35. The van der Waals surface area contributed by atoms with Crippen LogP contribution in [-0.4, -0.2) is 104 Å². The number of anilines is 1. The fraction of sp³-hybridized carbons (Fsp3) is 0.421. The van der Waals surface area contributed by atoms with E-state index in [4.69, 9.17) is 15.6 Å². The molecule has 18 nitrogen and oxygen atoms in total. The van der Waals surface area contributed by atoms with Gasteiger partial charge in [0, 0.05) is 23.6 Å². The number of nitrogens with zero attached hydrogens (tertiary/aromatic N) is 2. The van der Waals surface area contributed by atoms with E-state index in [0.29, 0.717) is 0 Å². The molecule has 218 valence electrons. The van der Waals surface area contributed by atoms with Crippen LogP contribution in [0.3, 0.4) is 0 Å². The fourth-order valence-electron chi connectivity index (χ4n) is 3.17. The molecule has 3 rings (SSSR count). The van der Waals surface area contributed by atoms with Crippen LogP contribution in [0.1, 0.15) is 12.6 Å². The van der Waals surface area contributed by atoms with Crippen molar-refractivity contribution in [3.8, 4) is 0 Å². The first-order valence-corrected chi connectivity index (χ1v) is 12.1. The van der Waals surface area contributed by atoms with Crippen molar-refractivity contribution in [3.63, 3.8) is 0 Å². The van der Waals surface area contributed by atoms with Gasteiger partial charge in [-0.3, -0.25) is 29.4 Å². The second-order valence-electron chi connectivity index (χ2n) is 7.46. The summed E-state index contributed by atoms with van der Waals surface area (Å²) in [5, 5.41) is 26.0. The molecule has 1 aromatic heterocycles. The van der Waals surface area contributed by atoms with Gasteiger partial charge in [0.1, 0.15) is 30.7 Å². The van der Waals surface area contributed by atoms with E-state index in [1.807, 2.05) is 0 Å². The van der Waals surface area contributed by atoms with Gasteiger partial charge in [0.25, 0.3) is 5.91 Å². The predicted octanol–water partition coefficient (Wildman–Crippen LogP) is -7.86. The number of carboxylic acids is 2. The molecule has 11 N–H and O–H groups in total. The molecule has 3 atom stereocenters. The Labute approximate surface area is 255 Å². The van der Waals surface area contributed by atoms with Crippen LogP contribution in [0.4, 0.5) is 9.93 Å². The Balaban J connectivity index is 0. The van der Waals surface area contributed by atoms with Gasteiger partial charge in [0.2, 0.25) is 5.91 Å². The molecule has 0 radical (unpaired) electrons. The van der Waals surface area contributed by atoms with E-state index in [1.54, 1.807) is 0 Å². The average molecular weight is 620 g/mol. The average Bonchev–Trinajstić information content (AvgIpc) is 3.24. The van der Waals surface area contributed by atoms with E-state index < -0.39 is 59.9 Å². The number of carbonyl (C=O) groups is 6. The predicted molar refractivity (Wildman–Crippen MR) is 131 cm³/mol. The number of amides is 3. The molecule has 0 saturated carbocycles. The number of esters is 1. The van der Waals surface area contributed by atoms with Crippen LogP contribution in [0, 0.1) is 0 Å². The third-order valence-corrected chi connectivity index (χ3v) is 6.97. The van der Waals surface area contributed by atoms with Gasteiger partial charge in [0.05, 0.1) is 23.8 Å². The van der Waals surface area contributed by atoms with E-state index in [-0.39, 0.29) is 86.9 Å². The Bertz CT molecular complexity index is 1150. The number of carbonyl (C=O) groups excluding carboxylic acids is 5. The zero-order chi connectivity index (χ0) is 26.6. The SMILES string of the molecule is CC(=O)OCC1=C(C(=O)[O-])N2C(=O)[C@@H](NC(=O)Cc3csc(NC(=O)OC[C@@H](N)C(=O)O)n3)[C@H]2SC1.O.O.O.[Na+]. The number of fused-ring (bicyclic) bond motifs is 1. The van der Waals surface area contributed by atoms with Gasteiger partial charge >= 0.3 is 47.6 Å². The summed E-state index contributed by atoms with van der Waals surface area (Å²) in [6.45, 7) is 0.330. The van der Waals surface area contributed by atoms with Crippen LogP contribution in [0.5, 0.6) is 0 Å². The van der Waals surface area contributed by atoms with Crippen LogP contribution in [0.2, 0.25) is 0 Å².